The Balaban J connectivity index is 2.20. The van der Waals surface area contributed by atoms with Gasteiger partial charge in [0.2, 0.25) is 0 Å². The highest BCUT2D eigenvalue weighted by Crippen LogP contribution is 2.18. The molecule has 2 N–H and O–H groups in total. The van der Waals surface area contributed by atoms with Crippen LogP contribution in [0, 0.1) is 6.92 Å². The van der Waals surface area contributed by atoms with Gasteiger partial charge in [-0.15, -0.1) is 0 Å². The predicted molar refractivity (Wildman–Crippen MR) is 101 cm³/mol. The van der Waals surface area contributed by atoms with E-state index in [4.69, 9.17) is 9.47 Å². The number of rotatable bonds is 11. The summed E-state index contributed by atoms with van der Waals surface area (Å²) < 4.78 is 10.9. The van der Waals surface area contributed by atoms with Gasteiger partial charge in [-0.05, 0) is 43.4 Å². The van der Waals surface area contributed by atoms with Crippen LogP contribution < -0.4 is 15.4 Å². The molecule has 0 aliphatic rings. The molecule has 5 heteroatoms. The average molecular weight is 335 g/mol. The van der Waals surface area contributed by atoms with Crippen molar-refractivity contribution in [2.24, 2.45) is 4.99 Å². The molecule has 0 atom stereocenters. The van der Waals surface area contributed by atoms with E-state index >= 15 is 0 Å². The Hall–Kier alpha value is -1.75. The fourth-order valence-corrected chi connectivity index (χ4v) is 2.30. The van der Waals surface area contributed by atoms with Crippen LogP contribution in [0.4, 0.5) is 0 Å². The van der Waals surface area contributed by atoms with Gasteiger partial charge < -0.3 is 20.1 Å². The monoisotopic (exact) mass is 335 g/mol. The number of nitrogens with zero attached hydrogens (tertiary/aromatic N) is 1. The van der Waals surface area contributed by atoms with Gasteiger partial charge in [-0.1, -0.05) is 25.5 Å². The number of aliphatic imine (C=N–C) groups is 1. The number of unbranched alkanes of at least 4 members (excludes halogenated alkanes) is 1. The van der Waals surface area contributed by atoms with Crippen LogP contribution in [0.2, 0.25) is 0 Å². The van der Waals surface area contributed by atoms with Crippen LogP contribution in [0.1, 0.15) is 37.3 Å². The molecule has 0 saturated heterocycles. The first-order valence-electron chi connectivity index (χ1n) is 8.87. The van der Waals surface area contributed by atoms with E-state index in [9.17, 15) is 0 Å². The number of aryl methyl sites for hydroxylation is 1. The van der Waals surface area contributed by atoms with Gasteiger partial charge in [-0.2, -0.15) is 0 Å². The highest BCUT2D eigenvalue weighted by molar-refractivity contribution is 5.79. The van der Waals surface area contributed by atoms with Crippen LogP contribution >= 0.6 is 0 Å². The molecule has 0 spiro atoms. The number of hydrogen-bond acceptors (Lipinski definition) is 3. The molecule has 0 aliphatic heterocycles. The van der Waals surface area contributed by atoms with Crippen molar-refractivity contribution in [3.05, 3.63) is 29.3 Å². The number of ether oxygens (including phenoxy) is 2. The van der Waals surface area contributed by atoms with E-state index in [1.54, 1.807) is 14.2 Å². The number of methoxy groups -OCH3 is 1. The molecule has 0 radical (unpaired) electrons. The Morgan fingerprint density at radius 1 is 1.12 bits per heavy atom. The zero-order chi connectivity index (χ0) is 17.6. The third-order valence-corrected chi connectivity index (χ3v) is 3.80. The van der Waals surface area contributed by atoms with Crippen molar-refractivity contribution in [1.82, 2.24) is 10.6 Å². The number of benzene rings is 1. The van der Waals surface area contributed by atoms with E-state index in [0.29, 0.717) is 0 Å². The predicted octanol–water partition coefficient (Wildman–Crippen LogP) is 2.92. The topological polar surface area (TPSA) is 54.9 Å². The summed E-state index contributed by atoms with van der Waals surface area (Å²) in [5.41, 5.74) is 2.41. The van der Waals surface area contributed by atoms with Crippen molar-refractivity contribution in [1.29, 1.82) is 0 Å². The van der Waals surface area contributed by atoms with Crippen molar-refractivity contribution >= 4 is 5.96 Å². The molecule has 0 amide bonds. The first-order chi connectivity index (χ1) is 11.7. The molecule has 0 aromatic heterocycles. The quantitative estimate of drug-likeness (QED) is 0.371. The van der Waals surface area contributed by atoms with Gasteiger partial charge in [0.25, 0.3) is 0 Å². The van der Waals surface area contributed by atoms with E-state index in [1.165, 1.54) is 12.0 Å². The van der Waals surface area contributed by atoms with Crippen molar-refractivity contribution < 1.29 is 9.47 Å². The first-order valence-corrected chi connectivity index (χ1v) is 8.87. The number of nitrogens with one attached hydrogen (secondary N) is 2. The molecule has 0 fully saturated rings. The standard InChI is InChI=1S/C19H33N3O2/c1-5-6-13-24-14-7-11-21-19(20-3)22-12-10-17-9-8-16(2)18(15-17)23-4/h8-9,15H,5-7,10-14H2,1-4H3,(H2,20,21,22). The van der Waals surface area contributed by atoms with Crippen LogP contribution in [0.25, 0.3) is 0 Å². The second kappa shape index (κ2) is 12.6. The molecule has 1 rings (SSSR count). The largest absolute Gasteiger partial charge is 0.496 e. The number of guanidine groups is 1. The molecular weight excluding hydrogens is 302 g/mol. The Morgan fingerprint density at radius 3 is 2.58 bits per heavy atom. The Morgan fingerprint density at radius 2 is 1.88 bits per heavy atom. The second-order valence-electron chi connectivity index (χ2n) is 5.80. The first kappa shape index (κ1) is 20.3. The zero-order valence-corrected chi connectivity index (χ0v) is 15.7. The molecule has 24 heavy (non-hydrogen) atoms. The summed E-state index contributed by atoms with van der Waals surface area (Å²) in [6.07, 6.45) is 4.24. The summed E-state index contributed by atoms with van der Waals surface area (Å²) in [4.78, 5) is 4.24. The van der Waals surface area contributed by atoms with Crippen molar-refractivity contribution in [2.75, 3.05) is 40.5 Å². The Labute approximate surface area is 146 Å². The van der Waals surface area contributed by atoms with E-state index in [-0.39, 0.29) is 0 Å². The molecule has 0 heterocycles. The molecule has 1 aromatic rings. The molecule has 1 aromatic carbocycles. The van der Waals surface area contributed by atoms with Gasteiger partial charge in [-0.25, -0.2) is 0 Å². The summed E-state index contributed by atoms with van der Waals surface area (Å²) in [6.45, 7) is 7.59. The lowest BCUT2D eigenvalue weighted by molar-refractivity contribution is 0.129. The van der Waals surface area contributed by atoms with Crippen LogP contribution in [-0.4, -0.2) is 46.4 Å². The minimum absolute atomic E-state index is 0.799. The maximum atomic E-state index is 5.55. The number of hydrogen-bond donors (Lipinski definition) is 2. The van der Waals surface area contributed by atoms with Gasteiger partial charge in [0.1, 0.15) is 5.75 Å². The molecule has 0 unspecified atom stereocenters. The molecule has 0 bridgehead atoms. The summed E-state index contributed by atoms with van der Waals surface area (Å²) in [5, 5.41) is 6.65. The lowest BCUT2D eigenvalue weighted by Gasteiger charge is -2.12. The van der Waals surface area contributed by atoms with Crippen molar-refractivity contribution in [3.8, 4) is 5.75 Å². The van der Waals surface area contributed by atoms with Gasteiger partial charge in [-0.3, -0.25) is 4.99 Å². The van der Waals surface area contributed by atoms with Crippen molar-refractivity contribution in [3.63, 3.8) is 0 Å². The highest BCUT2D eigenvalue weighted by Gasteiger charge is 2.01. The molecule has 136 valence electrons. The lowest BCUT2D eigenvalue weighted by atomic mass is 10.1. The maximum Gasteiger partial charge on any atom is 0.190 e. The van der Waals surface area contributed by atoms with Crippen molar-refractivity contribution in [2.45, 2.75) is 39.5 Å². The van der Waals surface area contributed by atoms with Crippen LogP contribution in [-0.2, 0) is 11.2 Å². The normalized spacial score (nSPS) is 11.4. The van der Waals surface area contributed by atoms with Gasteiger partial charge >= 0.3 is 0 Å². The maximum absolute atomic E-state index is 5.55. The molecule has 0 saturated carbocycles. The van der Waals surface area contributed by atoms with E-state index in [2.05, 4.69) is 47.7 Å². The average Bonchev–Trinajstić information content (AvgIpc) is 2.60. The van der Waals surface area contributed by atoms with Gasteiger partial charge in [0.05, 0.1) is 7.11 Å². The zero-order valence-electron chi connectivity index (χ0n) is 15.7. The van der Waals surface area contributed by atoms with Crippen LogP contribution in [0.15, 0.2) is 23.2 Å². The highest BCUT2D eigenvalue weighted by atomic mass is 16.5. The molecule has 0 aliphatic carbocycles. The smallest absolute Gasteiger partial charge is 0.190 e. The van der Waals surface area contributed by atoms with E-state index < -0.39 is 0 Å². The summed E-state index contributed by atoms with van der Waals surface area (Å²) in [7, 11) is 3.50. The SMILES string of the molecule is CCCCOCCCNC(=NC)NCCc1ccc(C)c(OC)c1. The third kappa shape index (κ3) is 8.20. The summed E-state index contributed by atoms with van der Waals surface area (Å²) in [6, 6.07) is 6.34. The second-order valence-corrected chi connectivity index (χ2v) is 5.80. The Kier molecular flexibility index (Phi) is 10.7. The van der Waals surface area contributed by atoms with Crippen LogP contribution in [0.3, 0.4) is 0 Å². The molecular formula is C19H33N3O2. The Bertz CT molecular complexity index is 490. The third-order valence-electron chi connectivity index (χ3n) is 3.80. The van der Waals surface area contributed by atoms with E-state index in [0.717, 1.165) is 62.8 Å². The fraction of sp³-hybridized carbons (Fsp3) is 0.632. The minimum atomic E-state index is 0.799. The minimum Gasteiger partial charge on any atom is -0.496 e. The van der Waals surface area contributed by atoms with Gasteiger partial charge in [0.15, 0.2) is 5.96 Å². The molecule has 5 nitrogen and oxygen atoms in total. The lowest BCUT2D eigenvalue weighted by Crippen LogP contribution is -2.39. The van der Waals surface area contributed by atoms with E-state index in [1.807, 2.05) is 0 Å². The summed E-state index contributed by atoms with van der Waals surface area (Å²) >= 11 is 0. The van der Waals surface area contributed by atoms with Gasteiger partial charge in [0, 0.05) is 33.4 Å². The summed E-state index contributed by atoms with van der Waals surface area (Å²) in [5.74, 6) is 1.78. The fourth-order valence-electron chi connectivity index (χ4n) is 2.30. The van der Waals surface area contributed by atoms with Crippen LogP contribution in [0.5, 0.6) is 5.75 Å².